The van der Waals surface area contributed by atoms with Gasteiger partial charge in [0.25, 0.3) is 0 Å². The number of methoxy groups -OCH3 is 2. The Morgan fingerprint density at radius 1 is 0.839 bits per heavy atom. The first-order valence-corrected chi connectivity index (χ1v) is 9.80. The summed E-state index contributed by atoms with van der Waals surface area (Å²) >= 11 is 0. The fraction of sp³-hybridized carbons (Fsp3) is 0.167. The molecule has 3 aromatic carbocycles. The number of fused-ring (bicyclic) bond motifs is 1. The largest absolute Gasteiger partial charge is 0.497 e. The van der Waals surface area contributed by atoms with Crippen molar-refractivity contribution in [1.29, 1.82) is 0 Å². The predicted molar refractivity (Wildman–Crippen MR) is 123 cm³/mol. The normalized spacial score (nSPS) is 10.7. The van der Waals surface area contributed by atoms with Crippen molar-refractivity contribution in [1.82, 2.24) is 9.97 Å². The van der Waals surface area contributed by atoms with E-state index in [0.717, 1.165) is 33.6 Å². The second kappa shape index (κ2) is 8.79. The van der Waals surface area contributed by atoms with Crippen LogP contribution in [0.5, 0.6) is 17.2 Å². The third kappa shape index (κ3) is 4.30. The van der Waals surface area contributed by atoms with E-state index in [1.165, 1.54) is 0 Å². The van der Waals surface area contributed by atoms with Gasteiger partial charge in [-0.05, 0) is 54.1 Å². The second-order valence-corrected chi connectivity index (χ2v) is 6.92. The molecule has 7 nitrogen and oxygen atoms in total. The summed E-state index contributed by atoms with van der Waals surface area (Å²) in [6, 6.07) is 19.0. The summed E-state index contributed by atoms with van der Waals surface area (Å²) in [5.74, 6) is 2.74. The lowest BCUT2D eigenvalue weighted by molar-refractivity contribution is 0.284. The first kappa shape index (κ1) is 20.3. The van der Waals surface area contributed by atoms with E-state index in [1.807, 2.05) is 67.7 Å². The summed E-state index contributed by atoms with van der Waals surface area (Å²) in [5.41, 5.74) is 10.6. The van der Waals surface area contributed by atoms with E-state index < -0.39 is 0 Å². The summed E-state index contributed by atoms with van der Waals surface area (Å²) in [6.45, 7) is 0.415. The average Bonchev–Trinajstić information content (AvgIpc) is 2.82. The van der Waals surface area contributed by atoms with Gasteiger partial charge in [-0.3, -0.25) is 0 Å². The molecule has 1 heterocycles. The van der Waals surface area contributed by atoms with Crippen molar-refractivity contribution in [3.63, 3.8) is 0 Å². The summed E-state index contributed by atoms with van der Waals surface area (Å²) in [5, 5.41) is 3.12. The molecule has 0 aliphatic carbocycles. The molecule has 0 fully saturated rings. The van der Waals surface area contributed by atoms with Gasteiger partial charge in [-0.25, -0.2) is 9.97 Å². The van der Waals surface area contributed by atoms with Crippen molar-refractivity contribution in [2.45, 2.75) is 6.61 Å². The maximum Gasteiger partial charge on any atom is 0.161 e. The Kier molecular flexibility index (Phi) is 5.75. The minimum absolute atomic E-state index is 0.415. The molecule has 158 valence electrons. The molecule has 0 unspecified atom stereocenters. The Labute approximate surface area is 180 Å². The molecule has 7 heteroatoms. The smallest absolute Gasteiger partial charge is 0.161 e. The van der Waals surface area contributed by atoms with Crippen LogP contribution >= 0.6 is 0 Å². The molecule has 4 aromatic rings. The van der Waals surface area contributed by atoms with Crippen LogP contribution < -0.4 is 25.3 Å². The van der Waals surface area contributed by atoms with Crippen LogP contribution in [0.1, 0.15) is 5.56 Å². The molecule has 0 atom stereocenters. The van der Waals surface area contributed by atoms with Gasteiger partial charge in [-0.2, -0.15) is 0 Å². The molecule has 0 amide bonds. The Bertz CT molecular complexity index is 1210. The number of nitrogens with one attached hydrogen (secondary N) is 1. The van der Waals surface area contributed by atoms with E-state index in [0.29, 0.717) is 29.6 Å². The van der Waals surface area contributed by atoms with Gasteiger partial charge in [0.05, 0.1) is 25.3 Å². The molecular formula is C24H24N4O3. The van der Waals surface area contributed by atoms with Gasteiger partial charge in [0.15, 0.2) is 17.3 Å². The Morgan fingerprint density at radius 3 is 2.35 bits per heavy atom. The molecule has 31 heavy (non-hydrogen) atoms. The van der Waals surface area contributed by atoms with Gasteiger partial charge >= 0.3 is 0 Å². The highest BCUT2D eigenvalue weighted by Gasteiger charge is 2.14. The third-order valence-electron chi connectivity index (χ3n) is 4.92. The third-order valence-corrected chi connectivity index (χ3v) is 4.92. The van der Waals surface area contributed by atoms with Crippen LogP contribution in [0.3, 0.4) is 0 Å². The standard InChI is InChI=1S/C24H24N4O3/c1-26-24-23(27-19-10-7-17(25)13-20(19)28-24)16-6-11-21(22(12-16)30-3)31-14-15-4-8-18(29-2)9-5-15/h4-13H,14,25H2,1-3H3,(H,26,28). The van der Waals surface area contributed by atoms with Crippen LogP contribution in [0.15, 0.2) is 60.7 Å². The van der Waals surface area contributed by atoms with E-state index in [9.17, 15) is 0 Å². The maximum absolute atomic E-state index is 5.99. The van der Waals surface area contributed by atoms with Gasteiger partial charge in [0, 0.05) is 18.3 Å². The summed E-state index contributed by atoms with van der Waals surface area (Å²) in [7, 11) is 5.08. The van der Waals surface area contributed by atoms with E-state index in [-0.39, 0.29) is 0 Å². The summed E-state index contributed by atoms with van der Waals surface area (Å²) in [6.07, 6.45) is 0. The van der Waals surface area contributed by atoms with Gasteiger partial charge in [0.1, 0.15) is 18.1 Å². The Balaban J connectivity index is 1.63. The fourth-order valence-corrected chi connectivity index (χ4v) is 3.26. The monoisotopic (exact) mass is 416 g/mol. The van der Waals surface area contributed by atoms with Crippen LogP contribution in [-0.4, -0.2) is 31.2 Å². The number of hydrogen-bond acceptors (Lipinski definition) is 7. The number of hydrogen-bond donors (Lipinski definition) is 2. The maximum atomic E-state index is 5.99. The van der Waals surface area contributed by atoms with Crippen molar-refractivity contribution in [3.05, 3.63) is 66.2 Å². The fourth-order valence-electron chi connectivity index (χ4n) is 3.26. The lowest BCUT2D eigenvalue weighted by atomic mass is 10.1. The molecule has 3 N–H and O–H groups in total. The highest BCUT2D eigenvalue weighted by molar-refractivity contribution is 5.85. The molecule has 0 spiro atoms. The molecule has 4 rings (SSSR count). The zero-order valence-corrected chi connectivity index (χ0v) is 17.7. The molecule has 0 saturated carbocycles. The first-order chi connectivity index (χ1) is 15.1. The second-order valence-electron chi connectivity index (χ2n) is 6.92. The zero-order valence-electron chi connectivity index (χ0n) is 17.7. The van der Waals surface area contributed by atoms with E-state index >= 15 is 0 Å². The number of ether oxygens (including phenoxy) is 3. The zero-order chi connectivity index (χ0) is 21.8. The van der Waals surface area contributed by atoms with Crippen molar-refractivity contribution in [2.24, 2.45) is 0 Å². The quantitative estimate of drug-likeness (QED) is 0.428. The van der Waals surface area contributed by atoms with Crippen LogP contribution in [0.2, 0.25) is 0 Å². The highest BCUT2D eigenvalue weighted by Crippen LogP contribution is 2.35. The van der Waals surface area contributed by atoms with E-state index in [4.69, 9.17) is 24.9 Å². The van der Waals surface area contributed by atoms with Crippen molar-refractivity contribution >= 4 is 22.5 Å². The topological polar surface area (TPSA) is 91.5 Å². The first-order valence-electron chi connectivity index (χ1n) is 9.80. The predicted octanol–water partition coefficient (Wildman–Crippen LogP) is 4.52. The Morgan fingerprint density at radius 2 is 1.65 bits per heavy atom. The van der Waals surface area contributed by atoms with Crippen molar-refractivity contribution < 1.29 is 14.2 Å². The summed E-state index contributed by atoms with van der Waals surface area (Å²) in [4.78, 5) is 9.45. The Hall–Kier alpha value is -4.00. The molecule has 1 aromatic heterocycles. The van der Waals surface area contributed by atoms with E-state index in [1.54, 1.807) is 14.2 Å². The van der Waals surface area contributed by atoms with Crippen LogP contribution in [0, 0.1) is 0 Å². The van der Waals surface area contributed by atoms with Crippen molar-refractivity contribution in [3.8, 4) is 28.5 Å². The lowest BCUT2D eigenvalue weighted by Crippen LogP contribution is -2.01. The minimum atomic E-state index is 0.415. The molecule has 0 radical (unpaired) electrons. The van der Waals surface area contributed by atoms with Crippen LogP contribution in [0.25, 0.3) is 22.3 Å². The minimum Gasteiger partial charge on any atom is -0.497 e. The number of benzene rings is 3. The van der Waals surface area contributed by atoms with Gasteiger partial charge in [-0.15, -0.1) is 0 Å². The number of anilines is 2. The van der Waals surface area contributed by atoms with Gasteiger partial charge in [0.2, 0.25) is 0 Å². The molecule has 0 aliphatic rings. The van der Waals surface area contributed by atoms with Crippen molar-refractivity contribution in [2.75, 3.05) is 32.3 Å². The number of aromatic nitrogens is 2. The lowest BCUT2D eigenvalue weighted by Gasteiger charge is -2.14. The average molecular weight is 416 g/mol. The molecule has 0 bridgehead atoms. The van der Waals surface area contributed by atoms with Crippen LogP contribution in [0.4, 0.5) is 11.5 Å². The van der Waals surface area contributed by atoms with Crippen LogP contribution in [-0.2, 0) is 6.61 Å². The molecule has 0 aliphatic heterocycles. The number of nitrogens with two attached hydrogens (primary N) is 1. The summed E-state index contributed by atoms with van der Waals surface area (Å²) < 4.78 is 16.8. The molecule has 0 saturated heterocycles. The van der Waals surface area contributed by atoms with Gasteiger partial charge in [-0.1, -0.05) is 12.1 Å². The molecular weight excluding hydrogens is 392 g/mol. The number of rotatable bonds is 7. The highest BCUT2D eigenvalue weighted by atomic mass is 16.5. The SMILES string of the molecule is CNc1nc2cc(N)ccc2nc1-c1ccc(OCc2ccc(OC)cc2)c(OC)c1. The number of nitrogens with zero attached hydrogens (tertiary/aromatic N) is 2. The van der Waals surface area contributed by atoms with Gasteiger partial charge < -0.3 is 25.3 Å². The number of nitrogen functional groups attached to an aromatic ring is 1. The van der Waals surface area contributed by atoms with E-state index in [2.05, 4.69) is 10.3 Å².